The number of benzene rings is 2. The zero-order chi connectivity index (χ0) is 47.1. The SMILES string of the molecule is CC1(C)CCC(CN2CCN(c3ccc(C(=O)NS(=O)(=O)C4=CC([N+](=O)[O-])C(NCC5CCC6(CC5)COC6)([N+](=O)[O-])C=C4)c(Oc4cnc5[nH]ccc5c4)c3)CC2)=C(c2ccc(Cl)cc2)C1. The van der Waals surface area contributed by atoms with Crippen LogP contribution in [0.4, 0.5) is 5.69 Å². The minimum Gasteiger partial charge on any atom is -0.455 e. The molecule has 19 heteroatoms. The first kappa shape index (κ1) is 46.5. The molecule has 1 saturated carbocycles. The van der Waals surface area contributed by atoms with Crippen LogP contribution in [0.5, 0.6) is 11.5 Å². The van der Waals surface area contributed by atoms with Gasteiger partial charge in [0.25, 0.3) is 15.9 Å². The number of halogens is 1. The summed E-state index contributed by atoms with van der Waals surface area (Å²) < 4.78 is 41.5. The first-order valence-electron chi connectivity index (χ1n) is 22.8. The number of pyridine rings is 1. The Morgan fingerprint density at radius 2 is 1.76 bits per heavy atom. The van der Waals surface area contributed by atoms with Crippen molar-refractivity contribution < 1.29 is 32.5 Å². The molecule has 9 rings (SSSR count). The molecule has 1 spiro atoms. The van der Waals surface area contributed by atoms with E-state index in [0.717, 1.165) is 93.9 Å². The molecule has 1 amide bonds. The Morgan fingerprint density at radius 3 is 2.45 bits per heavy atom. The molecule has 2 aromatic heterocycles. The average Bonchev–Trinajstić information content (AvgIpc) is 3.77. The van der Waals surface area contributed by atoms with Crippen LogP contribution in [0.3, 0.4) is 0 Å². The van der Waals surface area contributed by atoms with Crippen molar-refractivity contribution in [2.24, 2.45) is 16.7 Å². The second-order valence-electron chi connectivity index (χ2n) is 19.5. The number of H-pyrrole nitrogens is 1. The topological polar surface area (TPSA) is 215 Å². The second-order valence-corrected chi connectivity index (χ2v) is 21.6. The Morgan fingerprint density at radius 1 is 1.01 bits per heavy atom. The van der Waals surface area contributed by atoms with Gasteiger partial charge < -0.3 is 19.4 Å². The fourth-order valence-electron chi connectivity index (χ4n) is 10.1. The Labute approximate surface area is 394 Å². The summed E-state index contributed by atoms with van der Waals surface area (Å²) in [5, 5.41) is 29.4. The summed E-state index contributed by atoms with van der Waals surface area (Å²) in [5.41, 5.74) is 3.23. The van der Waals surface area contributed by atoms with Crippen LogP contribution >= 0.6 is 11.6 Å². The van der Waals surface area contributed by atoms with Gasteiger partial charge in [-0.25, -0.2) is 23.4 Å². The van der Waals surface area contributed by atoms with Gasteiger partial charge >= 0.3 is 11.7 Å². The number of nitrogens with one attached hydrogen (secondary N) is 3. The molecule has 3 fully saturated rings. The van der Waals surface area contributed by atoms with Gasteiger partial charge in [0, 0.05) is 90.1 Å². The Bertz CT molecular complexity index is 2770. The molecular formula is C48H55ClN8O9S. The smallest absolute Gasteiger partial charge is 0.364 e. The number of allylic oxidation sites excluding steroid dienone is 2. The first-order valence-corrected chi connectivity index (χ1v) is 24.6. The lowest BCUT2D eigenvalue weighted by Gasteiger charge is -2.46. The average molecular weight is 956 g/mol. The van der Waals surface area contributed by atoms with Crippen LogP contribution in [0.25, 0.3) is 16.6 Å². The van der Waals surface area contributed by atoms with E-state index in [1.165, 1.54) is 29.0 Å². The molecule has 17 nitrogen and oxygen atoms in total. The number of hydrogen-bond donors (Lipinski definition) is 3. The Kier molecular flexibility index (Phi) is 12.8. The zero-order valence-corrected chi connectivity index (χ0v) is 39.1. The molecule has 67 heavy (non-hydrogen) atoms. The largest absolute Gasteiger partial charge is 0.455 e. The van der Waals surface area contributed by atoms with Crippen molar-refractivity contribution in [1.29, 1.82) is 0 Å². The minimum absolute atomic E-state index is 0.0392. The lowest BCUT2D eigenvalue weighted by molar-refractivity contribution is -0.640. The number of amides is 1. The van der Waals surface area contributed by atoms with Gasteiger partial charge in [0.15, 0.2) is 0 Å². The number of anilines is 1. The quantitative estimate of drug-likeness (QED) is 0.0628. The molecule has 2 aromatic carbocycles. The third-order valence-electron chi connectivity index (χ3n) is 14.3. The van der Waals surface area contributed by atoms with E-state index in [2.05, 4.69) is 51.1 Å². The lowest BCUT2D eigenvalue weighted by Crippen LogP contribution is -2.62. The number of hydrogen-bond acceptors (Lipinski definition) is 13. The van der Waals surface area contributed by atoms with Crippen molar-refractivity contribution in [2.75, 3.05) is 57.4 Å². The summed E-state index contributed by atoms with van der Waals surface area (Å²) in [4.78, 5) is 48.9. The molecule has 354 valence electrons. The van der Waals surface area contributed by atoms with E-state index in [0.29, 0.717) is 42.7 Å². The minimum atomic E-state index is -4.80. The molecule has 0 bridgehead atoms. The van der Waals surface area contributed by atoms with Gasteiger partial charge in [0.2, 0.25) is 0 Å². The van der Waals surface area contributed by atoms with Crippen LogP contribution < -0.4 is 19.7 Å². The number of nitro groups is 2. The van der Waals surface area contributed by atoms with Gasteiger partial charge in [0.1, 0.15) is 17.1 Å². The van der Waals surface area contributed by atoms with Gasteiger partial charge in [0.05, 0.1) is 34.8 Å². The molecule has 2 unspecified atom stereocenters. The highest BCUT2D eigenvalue weighted by Gasteiger charge is 2.58. The van der Waals surface area contributed by atoms with Gasteiger partial charge in [-0.2, -0.15) is 0 Å². The summed E-state index contributed by atoms with van der Waals surface area (Å²) in [7, 11) is -4.80. The van der Waals surface area contributed by atoms with Crippen LogP contribution in [-0.4, -0.2) is 103 Å². The molecule has 4 aromatic rings. The summed E-state index contributed by atoms with van der Waals surface area (Å²) in [5.74, 6) is -0.673. The van der Waals surface area contributed by atoms with Gasteiger partial charge in [-0.1, -0.05) is 43.2 Å². The normalized spacial score (nSPS) is 23.2. The van der Waals surface area contributed by atoms with E-state index in [9.17, 15) is 33.4 Å². The number of sulfonamides is 1. The number of rotatable bonds is 14. The van der Waals surface area contributed by atoms with E-state index in [1.807, 2.05) is 22.9 Å². The molecule has 0 radical (unpaired) electrons. The third kappa shape index (κ3) is 9.86. The van der Waals surface area contributed by atoms with Crippen LogP contribution in [0.1, 0.15) is 74.7 Å². The highest BCUT2D eigenvalue weighted by Crippen LogP contribution is 2.45. The maximum absolute atomic E-state index is 14.1. The van der Waals surface area contributed by atoms with Gasteiger partial charge in [-0.3, -0.25) is 29.9 Å². The number of aromatic amines is 1. The number of fused-ring (bicyclic) bond motifs is 1. The van der Waals surface area contributed by atoms with Crippen LogP contribution in [0, 0.1) is 37.0 Å². The molecular weight excluding hydrogens is 900 g/mol. The highest BCUT2D eigenvalue weighted by atomic mass is 35.5. The van der Waals surface area contributed by atoms with Crippen LogP contribution in [0.15, 0.2) is 95.7 Å². The number of piperazine rings is 1. The zero-order valence-electron chi connectivity index (χ0n) is 37.5. The monoisotopic (exact) mass is 954 g/mol. The van der Waals surface area contributed by atoms with Crippen molar-refractivity contribution in [2.45, 2.75) is 70.5 Å². The number of aromatic nitrogens is 2. The van der Waals surface area contributed by atoms with E-state index in [4.69, 9.17) is 21.1 Å². The van der Waals surface area contributed by atoms with E-state index < -0.39 is 42.4 Å². The number of carbonyl (C=O) groups excluding carboxylic acids is 1. The van der Waals surface area contributed by atoms with Crippen LogP contribution in [-0.2, 0) is 14.8 Å². The van der Waals surface area contributed by atoms with Crippen molar-refractivity contribution in [3.63, 3.8) is 0 Å². The Balaban J connectivity index is 0.920. The maximum atomic E-state index is 14.1. The van der Waals surface area contributed by atoms with Gasteiger partial charge in [-0.15, -0.1) is 0 Å². The fourth-order valence-corrected chi connectivity index (χ4v) is 11.3. The summed E-state index contributed by atoms with van der Waals surface area (Å²) in [6.45, 7) is 9.94. The third-order valence-corrected chi connectivity index (χ3v) is 15.9. The molecule has 3 aliphatic carbocycles. The standard InChI is InChI=1S/C48H55ClN8O9S/c1-46(2)14-11-35(41(26-46)33-3-5-36(49)6-4-33)29-54-19-21-55(22-20-54)37-7-8-40(42(24-37)66-38-23-34-13-18-50-44(34)51-28-38)45(58)53-67(63,64)39-12-17-48(57(61)62,43(25-39)56(59)60)52-27-32-9-15-47(16-10-32)30-65-31-47/h3-8,12-13,17-18,23-25,28,32,43,52H,9-11,14-16,19-22,26-27,29-31H2,1-2H3,(H,50,51)(H,53,58). The summed E-state index contributed by atoms with van der Waals surface area (Å²) in [6, 6.07) is 14.5. The predicted molar refractivity (Wildman–Crippen MR) is 255 cm³/mol. The maximum Gasteiger partial charge on any atom is 0.364 e. The Hall–Kier alpha value is -5.66. The molecule has 4 heterocycles. The second kappa shape index (κ2) is 18.4. The predicted octanol–water partition coefficient (Wildman–Crippen LogP) is 7.72. The lowest BCUT2D eigenvalue weighted by atomic mass is 9.69. The van der Waals surface area contributed by atoms with Crippen molar-refractivity contribution in [1.82, 2.24) is 24.9 Å². The number of ether oxygens (including phenoxy) is 2. The summed E-state index contributed by atoms with van der Waals surface area (Å²) >= 11 is 6.24. The number of carbonyl (C=O) groups is 1. The van der Waals surface area contributed by atoms with Gasteiger partial charge in [-0.05, 0) is 110 Å². The van der Waals surface area contributed by atoms with Crippen molar-refractivity contribution >= 4 is 49.8 Å². The number of nitrogens with zero attached hydrogens (tertiary/aromatic N) is 5. The molecule has 2 aliphatic heterocycles. The van der Waals surface area contributed by atoms with E-state index in [1.54, 1.807) is 24.4 Å². The first-order chi connectivity index (χ1) is 32.0. The van der Waals surface area contributed by atoms with Crippen molar-refractivity contribution in [3.8, 4) is 11.5 Å². The molecule has 2 saturated heterocycles. The highest BCUT2D eigenvalue weighted by molar-refractivity contribution is 7.94. The van der Waals surface area contributed by atoms with Crippen molar-refractivity contribution in [3.05, 3.63) is 132 Å². The van der Waals surface area contributed by atoms with Crippen LogP contribution in [0.2, 0.25) is 5.02 Å². The fraction of sp³-hybridized carbons (Fsp3) is 0.458. The summed E-state index contributed by atoms with van der Waals surface area (Å²) in [6.07, 6.45) is 12.3. The molecule has 5 aliphatic rings. The molecule has 2 atom stereocenters. The molecule has 3 N–H and O–H groups in total. The van der Waals surface area contributed by atoms with E-state index >= 15 is 0 Å². The van der Waals surface area contributed by atoms with E-state index in [-0.39, 0.29) is 34.6 Å².